The highest BCUT2D eigenvalue weighted by molar-refractivity contribution is 7.07. The number of aromatic nitrogens is 1. The van der Waals surface area contributed by atoms with Crippen LogP contribution in [0.3, 0.4) is 0 Å². The summed E-state index contributed by atoms with van der Waals surface area (Å²) >= 11 is 13.3. The van der Waals surface area contributed by atoms with Gasteiger partial charge in [0, 0.05) is 28.4 Å². The number of anilines is 1. The molecule has 1 aliphatic heterocycles. The number of amides is 2. The van der Waals surface area contributed by atoms with Crippen molar-refractivity contribution >= 4 is 52.2 Å². The molecule has 0 saturated carbocycles. The maximum Gasteiger partial charge on any atom is 0.243 e. The maximum absolute atomic E-state index is 12.4. The van der Waals surface area contributed by atoms with E-state index in [1.165, 1.54) is 16.2 Å². The van der Waals surface area contributed by atoms with E-state index in [1.807, 2.05) is 0 Å². The SMILES string of the molecule is O=C(NCc1ccc(Cl)cc1Cl)[C@@H]1CCC(=O)N1c1cscn1. The Hall–Kier alpha value is -1.63. The molecule has 23 heavy (non-hydrogen) atoms. The minimum Gasteiger partial charge on any atom is -0.350 e. The minimum absolute atomic E-state index is 0.0828. The van der Waals surface area contributed by atoms with Gasteiger partial charge in [-0.3, -0.25) is 14.5 Å². The zero-order chi connectivity index (χ0) is 16.4. The predicted octanol–water partition coefficient (Wildman–Crippen LogP) is 3.26. The highest BCUT2D eigenvalue weighted by atomic mass is 35.5. The van der Waals surface area contributed by atoms with E-state index in [1.54, 1.807) is 29.1 Å². The van der Waals surface area contributed by atoms with E-state index in [4.69, 9.17) is 23.2 Å². The first kappa shape index (κ1) is 16.2. The number of hydrogen-bond acceptors (Lipinski definition) is 4. The minimum atomic E-state index is -0.532. The molecule has 1 aliphatic rings. The average Bonchev–Trinajstić information content (AvgIpc) is 3.15. The summed E-state index contributed by atoms with van der Waals surface area (Å²) in [6.45, 7) is 0.282. The van der Waals surface area contributed by atoms with Gasteiger partial charge in [-0.1, -0.05) is 29.3 Å². The summed E-state index contributed by atoms with van der Waals surface area (Å²) in [5.41, 5.74) is 2.41. The molecule has 0 unspecified atom stereocenters. The summed E-state index contributed by atoms with van der Waals surface area (Å²) in [6.07, 6.45) is 0.827. The van der Waals surface area contributed by atoms with E-state index in [-0.39, 0.29) is 18.4 Å². The molecule has 120 valence electrons. The number of benzene rings is 1. The number of nitrogens with one attached hydrogen (secondary N) is 1. The van der Waals surface area contributed by atoms with Crippen molar-refractivity contribution in [3.63, 3.8) is 0 Å². The summed E-state index contributed by atoms with van der Waals surface area (Å²) < 4.78 is 0. The fourth-order valence-corrected chi connectivity index (χ4v) is 3.51. The van der Waals surface area contributed by atoms with Gasteiger partial charge in [0.05, 0.1) is 5.51 Å². The molecule has 1 fully saturated rings. The van der Waals surface area contributed by atoms with Crippen molar-refractivity contribution in [1.29, 1.82) is 0 Å². The Labute approximate surface area is 147 Å². The number of halogens is 2. The van der Waals surface area contributed by atoms with E-state index < -0.39 is 6.04 Å². The molecular weight excluding hydrogens is 357 g/mol. The highest BCUT2D eigenvalue weighted by Gasteiger charge is 2.37. The van der Waals surface area contributed by atoms with Crippen molar-refractivity contribution in [2.75, 3.05) is 4.90 Å². The topological polar surface area (TPSA) is 62.3 Å². The van der Waals surface area contributed by atoms with Gasteiger partial charge >= 0.3 is 0 Å². The number of thiazole rings is 1. The first-order valence-corrected chi connectivity index (χ1v) is 8.68. The van der Waals surface area contributed by atoms with Crippen molar-refractivity contribution in [2.24, 2.45) is 0 Å². The Kier molecular flexibility index (Phi) is 4.84. The molecule has 3 rings (SSSR count). The molecule has 2 aromatic rings. The van der Waals surface area contributed by atoms with Crippen LogP contribution in [0.1, 0.15) is 18.4 Å². The zero-order valence-electron chi connectivity index (χ0n) is 12.0. The standard InChI is InChI=1S/C15H13Cl2N3O2S/c16-10-2-1-9(11(17)5-10)6-18-15(22)12-3-4-14(21)20(12)13-7-23-8-19-13/h1-2,5,7-8,12H,3-4,6H2,(H,18,22)/t12-/m0/s1. The molecule has 1 atom stereocenters. The smallest absolute Gasteiger partial charge is 0.243 e. The monoisotopic (exact) mass is 369 g/mol. The van der Waals surface area contributed by atoms with Crippen LogP contribution in [0.5, 0.6) is 0 Å². The molecule has 1 N–H and O–H groups in total. The van der Waals surface area contributed by atoms with Crippen molar-refractivity contribution in [1.82, 2.24) is 10.3 Å². The number of carbonyl (C=O) groups is 2. The fourth-order valence-electron chi connectivity index (χ4n) is 2.51. The van der Waals surface area contributed by atoms with Crippen LogP contribution in [0.15, 0.2) is 29.1 Å². The Balaban J connectivity index is 1.69. The van der Waals surface area contributed by atoms with E-state index >= 15 is 0 Å². The van der Waals surface area contributed by atoms with Crippen LogP contribution in [0.4, 0.5) is 5.82 Å². The molecule has 0 spiro atoms. The Morgan fingerprint density at radius 2 is 2.26 bits per heavy atom. The maximum atomic E-state index is 12.4. The second kappa shape index (κ2) is 6.86. The van der Waals surface area contributed by atoms with Crippen molar-refractivity contribution in [3.05, 3.63) is 44.7 Å². The first-order valence-electron chi connectivity index (χ1n) is 6.98. The van der Waals surface area contributed by atoms with Gasteiger partial charge in [-0.05, 0) is 24.1 Å². The van der Waals surface area contributed by atoms with Gasteiger partial charge in [-0.15, -0.1) is 11.3 Å². The molecule has 1 aromatic heterocycles. The number of carbonyl (C=O) groups excluding carboxylic acids is 2. The van der Waals surface area contributed by atoms with Gasteiger partial charge in [0.25, 0.3) is 0 Å². The Bertz CT molecular complexity index is 736. The number of hydrogen-bond donors (Lipinski definition) is 1. The fraction of sp³-hybridized carbons (Fsp3) is 0.267. The number of rotatable bonds is 4. The van der Waals surface area contributed by atoms with Crippen molar-refractivity contribution in [2.45, 2.75) is 25.4 Å². The van der Waals surface area contributed by atoms with Crippen molar-refractivity contribution < 1.29 is 9.59 Å². The second-order valence-electron chi connectivity index (χ2n) is 5.12. The normalized spacial score (nSPS) is 17.6. The summed E-state index contributed by atoms with van der Waals surface area (Å²) in [4.78, 5) is 30.1. The zero-order valence-corrected chi connectivity index (χ0v) is 14.3. The van der Waals surface area contributed by atoms with E-state index in [0.29, 0.717) is 28.7 Å². The third-order valence-electron chi connectivity index (χ3n) is 3.65. The van der Waals surface area contributed by atoms with Gasteiger partial charge in [-0.25, -0.2) is 4.98 Å². The molecule has 0 bridgehead atoms. The van der Waals surface area contributed by atoms with Crippen LogP contribution in [-0.4, -0.2) is 22.8 Å². The molecule has 1 saturated heterocycles. The van der Waals surface area contributed by atoms with Crippen LogP contribution in [0.25, 0.3) is 0 Å². The van der Waals surface area contributed by atoms with Crippen molar-refractivity contribution in [3.8, 4) is 0 Å². The van der Waals surface area contributed by atoms with Crippen LogP contribution in [0.2, 0.25) is 10.0 Å². The molecular formula is C15H13Cl2N3O2S. The molecule has 1 aromatic carbocycles. The van der Waals surface area contributed by atoms with Gasteiger partial charge in [0.2, 0.25) is 11.8 Å². The Morgan fingerprint density at radius 3 is 2.96 bits per heavy atom. The van der Waals surface area contributed by atoms with E-state index in [2.05, 4.69) is 10.3 Å². The van der Waals surface area contributed by atoms with Gasteiger partial charge in [0.15, 0.2) is 0 Å². The lowest BCUT2D eigenvalue weighted by molar-refractivity contribution is -0.124. The molecule has 2 heterocycles. The van der Waals surface area contributed by atoms with E-state index in [9.17, 15) is 9.59 Å². The first-order chi connectivity index (χ1) is 11.1. The van der Waals surface area contributed by atoms with E-state index in [0.717, 1.165) is 5.56 Å². The molecule has 0 radical (unpaired) electrons. The summed E-state index contributed by atoms with van der Waals surface area (Å²) in [5.74, 6) is 0.234. The third-order valence-corrected chi connectivity index (χ3v) is 4.81. The summed E-state index contributed by atoms with van der Waals surface area (Å²) in [6, 6.07) is 4.58. The highest BCUT2D eigenvalue weighted by Crippen LogP contribution is 2.27. The molecule has 8 heteroatoms. The summed E-state index contributed by atoms with van der Waals surface area (Å²) in [7, 11) is 0. The Morgan fingerprint density at radius 1 is 1.43 bits per heavy atom. The quantitative estimate of drug-likeness (QED) is 0.899. The summed E-state index contributed by atoms with van der Waals surface area (Å²) in [5, 5.41) is 5.63. The average molecular weight is 370 g/mol. The van der Waals surface area contributed by atoms with Crippen LogP contribution in [-0.2, 0) is 16.1 Å². The van der Waals surface area contributed by atoms with Crippen LogP contribution in [0, 0.1) is 0 Å². The largest absolute Gasteiger partial charge is 0.350 e. The lowest BCUT2D eigenvalue weighted by atomic mass is 10.2. The number of nitrogens with zero attached hydrogens (tertiary/aromatic N) is 2. The molecule has 2 amide bonds. The van der Waals surface area contributed by atoms with Gasteiger partial charge in [0.1, 0.15) is 11.9 Å². The van der Waals surface area contributed by atoms with Crippen LogP contribution < -0.4 is 10.2 Å². The van der Waals surface area contributed by atoms with Crippen LogP contribution >= 0.6 is 34.5 Å². The predicted molar refractivity (Wildman–Crippen MR) is 90.9 cm³/mol. The lowest BCUT2D eigenvalue weighted by Gasteiger charge is -2.22. The van der Waals surface area contributed by atoms with Gasteiger partial charge in [-0.2, -0.15) is 0 Å². The third kappa shape index (κ3) is 3.49. The molecule has 5 nitrogen and oxygen atoms in total. The lowest BCUT2D eigenvalue weighted by Crippen LogP contribution is -2.44. The second-order valence-corrected chi connectivity index (χ2v) is 6.68. The molecule has 0 aliphatic carbocycles. The van der Waals surface area contributed by atoms with Gasteiger partial charge < -0.3 is 5.32 Å².